The number of carbonyl (C=O) groups is 1. The predicted molar refractivity (Wildman–Crippen MR) is 83.3 cm³/mol. The second-order valence-corrected chi connectivity index (χ2v) is 7.08. The predicted octanol–water partition coefficient (Wildman–Crippen LogP) is 3.15. The molecule has 0 spiro atoms. The van der Waals surface area contributed by atoms with Crippen molar-refractivity contribution in [3.63, 3.8) is 0 Å². The average molecular weight is 287 g/mol. The van der Waals surface area contributed by atoms with Gasteiger partial charge in [-0.15, -0.1) is 0 Å². The molecule has 1 atom stereocenters. The number of rotatable bonds is 8. The van der Waals surface area contributed by atoms with E-state index in [1.807, 2.05) is 37.3 Å². The molecule has 3 rings (SSSR count). The lowest BCUT2D eigenvalue weighted by Gasteiger charge is -2.33. The van der Waals surface area contributed by atoms with Crippen LogP contribution in [0.15, 0.2) is 30.3 Å². The number of hydrogen-bond donors (Lipinski definition) is 1. The van der Waals surface area contributed by atoms with Crippen LogP contribution in [0.2, 0.25) is 0 Å². The number of hydrogen-bond acceptors (Lipinski definition) is 2. The number of nitrogens with zero attached hydrogens (tertiary/aromatic N) is 1. The van der Waals surface area contributed by atoms with Crippen LogP contribution in [0.25, 0.3) is 0 Å². The largest absolute Gasteiger partial charge is 0.481 e. The zero-order valence-electron chi connectivity index (χ0n) is 12.8. The van der Waals surface area contributed by atoms with Gasteiger partial charge in [0.15, 0.2) is 0 Å². The Morgan fingerprint density at radius 3 is 2.10 bits per heavy atom. The fraction of sp³-hybridized carbons (Fsp3) is 0.611. The van der Waals surface area contributed by atoms with Crippen molar-refractivity contribution in [1.82, 2.24) is 4.90 Å². The third kappa shape index (κ3) is 3.65. The monoisotopic (exact) mass is 287 g/mol. The van der Waals surface area contributed by atoms with E-state index in [2.05, 4.69) is 4.90 Å². The molecule has 0 heterocycles. The molecule has 2 aliphatic rings. The van der Waals surface area contributed by atoms with Crippen LogP contribution in [-0.4, -0.2) is 35.6 Å². The standard InChI is InChI=1S/C18H25NO2/c1-18(17(20)21,16-5-3-2-4-6-16)13-19(11-14-7-8-14)12-15-9-10-15/h2-6,14-15H,7-13H2,1H3,(H,20,21). The summed E-state index contributed by atoms with van der Waals surface area (Å²) in [6, 6.07) is 9.70. The van der Waals surface area contributed by atoms with Gasteiger partial charge < -0.3 is 10.0 Å². The number of aliphatic carboxylic acids is 1. The van der Waals surface area contributed by atoms with E-state index in [1.165, 1.54) is 25.7 Å². The number of carboxylic acid groups (broad SMARTS) is 1. The topological polar surface area (TPSA) is 40.5 Å². The molecule has 1 N–H and O–H groups in total. The van der Waals surface area contributed by atoms with Gasteiger partial charge in [0.2, 0.25) is 0 Å². The molecule has 1 aromatic carbocycles. The third-order valence-corrected chi connectivity index (χ3v) is 4.85. The van der Waals surface area contributed by atoms with E-state index in [0.29, 0.717) is 6.54 Å². The van der Waals surface area contributed by atoms with Gasteiger partial charge in [-0.25, -0.2) is 0 Å². The van der Waals surface area contributed by atoms with E-state index in [4.69, 9.17) is 0 Å². The molecule has 2 saturated carbocycles. The van der Waals surface area contributed by atoms with Crippen molar-refractivity contribution in [3.05, 3.63) is 35.9 Å². The summed E-state index contributed by atoms with van der Waals surface area (Å²) in [5.41, 5.74) is 0.0968. The molecule has 1 unspecified atom stereocenters. The van der Waals surface area contributed by atoms with Crippen LogP contribution in [0, 0.1) is 11.8 Å². The molecule has 3 heteroatoms. The Kier molecular flexibility index (Phi) is 4.03. The zero-order valence-corrected chi connectivity index (χ0v) is 12.8. The molecular formula is C18H25NO2. The quantitative estimate of drug-likeness (QED) is 0.798. The van der Waals surface area contributed by atoms with Crippen molar-refractivity contribution in [2.45, 2.75) is 38.0 Å². The van der Waals surface area contributed by atoms with E-state index >= 15 is 0 Å². The minimum atomic E-state index is -0.814. The van der Waals surface area contributed by atoms with Gasteiger partial charge in [-0.2, -0.15) is 0 Å². The molecule has 0 aliphatic heterocycles. The van der Waals surface area contributed by atoms with Gasteiger partial charge in [0.25, 0.3) is 0 Å². The van der Waals surface area contributed by atoms with Crippen molar-refractivity contribution in [2.24, 2.45) is 11.8 Å². The van der Waals surface area contributed by atoms with E-state index in [0.717, 1.165) is 30.5 Å². The summed E-state index contributed by atoms with van der Waals surface area (Å²) in [7, 11) is 0. The maximum atomic E-state index is 11.9. The minimum absolute atomic E-state index is 0.624. The highest BCUT2D eigenvalue weighted by Crippen LogP contribution is 2.35. The highest BCUT2D eigenvalue weighted by molar-refractivity contribution is 5.81. The summed E-state index contributed by atoms with van der Waals surface area (Å²) in [5, 5.41) is 9.81. The van der Waals surface area contributed by atoms with Crippen molar-refractivity contribution >= 4 is 5.97 Å². The Bertz CT molecular complexity index is 479. The first-order valence-electron chi connectivity index (χ1n) is 8.09. The van der Waals surface area contributed by atoms with Crippen LogP contribution in [-0.2, 0) is 10.2 Å². The van der Waals surface area contributed by atoms with Gasteiger partial charge in [-0.05, 0) is 50.0 Å². The van der Waals surface area contributed by atoms with Crippen LogP contribution in [0.1, 0.15) is 38.2 Å². The zero-order chi connectivity index (χ0) is 14.9. The van der Waals surface area contributed by atoms with Crippen LogP contribution in [0.3, 0.4) is 0 Å². The molecule has 21 heavy (non-hydrogen) atoms. The molecule has 0 bridgehead atoms. The Morgan fingerprint density at radius 2 is 1.67 bits per heavy atom. The van der Waals surface area contributed by atoms with E-state index in [9.17, 15) is 9.90 Å². The Hall–Kier alpha value is -1.35. The number of carboxylic acids is 1. The fourth-order valence-electron chi connectivity index (χ4n) is 3.07. The highest BCUT2D eigenvalue weighted by atomic mass is 16.4. The van der Waals surface area contributed by atoms with Crippen molar-refractivity contribution < 1.29 is 9.90 Å². The third-order valence-electron chi connectivity index (χ3n) is 4.85. The van der Waals surface area contributed by atoms with Crippen LogP contribution in [0.5, 0.6) is 0 Å². The summed E-state index contributed by atoms with van der Waals surface area (Å²) in [4.78, 5) is 14.3. The summed E-state index contributed by atoms with van der Waals surface area (Å²) >= 11 is 0. The van der Waals surface area contributed by atoms with Crippen LogP contribution >= 0.6 is 0 Å². The van der Waals surface area contributed by atoms with Crippen LogP contribution < -0.4 is 0 Å². The van der Waals surface area contributed by atoms with E-state index in [-0.39, 0.29) is 0 Å². The first kappa shape index (κ1) is 14.6. The normalized spacial score (nSPS) is 21.2. The van der Waals surface area contributed by atoms with Crippen molar-refractivity contribution in [1.29, 1.82) is 0 Å². The molecule has 2 aliphatic carbocycles. The maximum absolute atomic E-state index is 11.9. The molecule has 3 nitrogen and oxygen atoms in total. The summed E-state index contributed by atoms with van der Waals surface area (Å²) in [6.07, 6.45) is 5.26. The Balaban J connectivity index is 1.76. The van der Waals surface area contributed by atoms with Gasteiger partial charge in [0, 0.05) is 19.6 Å². The Morgan fingerprint density at radius 1 is 1.14 bits per heavy atom. The summed E-state index contributed by atoms with van der Waals surface area (Å²) in [5.74, 6) is 0.889. The van der Waals surface area contributed by atoms with Gasteiger partial charge in [-0.3, -0.25) is 4.79 Å². The lowest BCUT2D eigenvalue weighted by molar-refractivity contribution is -0.144. The number of benzene rings is 1. The van der Waals surface area contributed by atoms with E-state index in [1.54, 1.807) is 0 Å². The first-order chi connectivity index (χ1) is 10.1. The molecule has 114 valence electrons. The molecular weight excluding hydrogens is 262 g/mol. The van der Waals surface area contributed by atoms with E-state index < -0.39 is 11.4 Å². The van der Waals surface area contributed by atoms with Crippen LogP contribution in [0.4, 0.5) is 0 Å². The van der Waals surface area contributed by atoms with Gasteiger partial charge >= 0.3 is 5.97 Å². The molecule has 0 aromatic heterocycles. The van der Waals surface area contributed by atoms with Crippen molar-refractivity contribution in [2.75, 3.05) is 19.6 Å². The lowest BCUT2D eigenvalue weighted by atomic mass is 9.82. The lowest BCUT2D eigenvalue weighted by Crippen LogP contribution is -2.46. The summed E-state index contributed by atoms with van der Waals surface area (Å²) in [6.45, 7) is 4.65. The van der Waals surface area contributed by atoms with Gasteiger partial charge in [0.1, 0.15) is 5.41 Å². The molecule has 2 fully saturated rings. The average Bonchev–Trinajstić information content (AvgIpc) is 3.36. The first-order valence-corrected chi connectivity index (χ1v) is 8.09. The molecule has 0 amide bonds. The molecule has 1 aromatic rings. The molecule has 0 saturated heterocycles. The minimum Gasteiger partial charge on any atom is -0.481 e. The summed E-state index contributed by atoms with van der Waals surface area (Å²) < 4.78 is 0. The fourth-order valence-corrected chi connectivity index (χ4v) is 3.07. The van der Waals surface area contributed by atoms with Crippen molar-refractivity contribution in [3.8, 4) is 0 Å². The molecule has 0 radical (unpaired) electrons. The SMILES string of the molecule is CC(CN(CC1CC1)CC1CC1)(C(=O)O)c1ccccc1. The Labute approximate surface area is 127 Å². The smallest absolute Gasteiger partial charge is 0.315 e. The second-order valence-electron chi connectivity index (χ2n) is 7.08. The maximum Gasteiger partial charge on any atom is 0.315 e. The van der Waals surface area contributed by atoms with Gasteiger partial charge in [0.05, 0.1) is 0 Å². The van der Waals surface area contributed by atoms with Gasteiger partial charge in [-0.1, -0.05) is 30.3 Å². The second kappa shape index (κ2) is 5.80. The highest BCUT2D eigenvalue weighted by Gasteiger charge is 2.39.